The third kappa shape index (κ3) is 4.72. The molecular formula is C22H19BrN4O3S. The highest BCUT2D eigenvalue weighted by atomic mass is 79.9. The number of nitrogens with one attached hydrogen (secondary N) is 1. The molecular weight excluding hydrogens is 480 g/mol. The predicted molar refractivity (Wildman–Crippen MR) is 125 cm³/mol. The molecule has 0 aliphatic rings. The van der Waals surface area contributed by atoms with E-state index in [2.05, 4.69) is 26.4 Å². The van der Waals surface area contributed by atoms with E-state index < -0.39 is 0 Å². The van der Waals surface area contributed by atoms with Crippen LogP contribution in [0.1, 0.15) is 24.2 Å². The first kappa shape index (κ1) is 21.3. The molecule has 0 fully saturated rings. The summed E-state index contributed by atoms with van der Waals surface area (Å²) in [5, 5.41) is 7.40. The minimum absolute atomic E-state index is 0.0652. The summed E-state index contributed by atoms with van der Waals surface area (Å²) < 4.78 is 7.47. The van der Waals surface area contributed by atoms with E-state index in [0.717, 1.165) is 10.0 Å². The summed E-state index contributed by atoms with van der Waals surface area (Å²) in [6, 6.07) is 16.5. The lowest BCUT2D eigenvalue weighted by Gasteiger charge is -2.20. The Balaban J connectivity index is 1.69. The van der Waals surface area contributed by atoms with Crippen LogP contribution in [0, 0.1) is 6.92 Å². The van der Waals surface area contributed by atoms with Crippen molar-refractivity contribution in [1.29, 1.82) is 0 Å². The van der Waals surface area contributed by atoms with Crippen LogP contribution in [-0.2, 0) is 4.79 Å². The maximum atomic E-state index is 13.4. The number of aryl methyl sites for hydroxylation is 1. The Morgan fingerprint density at radius 1 is 1.23 bits per heavy atom. The van der Waals surface area contributed by atoms with Crippen LogP contribution in [0.5, 0.6) is 0 Å². The molecule has 1 atom stereocenters. The number of carbonyl (C=O) groups is 1. The van der Waals surface area contributed by atoms with E-state index in [1.807, 2.05) is 43.3 Å². The standard InChI is InChI=1S/C22H19BrN4O3S/c1-13-10-20(30-26-13)25-19(28)12-31-22-24-18-9-8-16(23)11-17(18)21(29)27(22)14(2)15-6-4-3-5-7-15/h3-11,14H,12H2,1-2H3,(H,25,28). The van der Waals surface area contributed by atoms with E-state index in [0.29, 0.717) is 21.8 Å². The van der Waals surface area contributed by atoms with Gasteiger partial charge in [-0.15, -0.1) is 0 Å². The number of halogens is 1. The maximum Gasteiger partial charge on any atom is 0.262 e. The Bertz CT molecular complexity index is 1300. The van der Waals surface area contributed by atoms with Crippen molar-refractivity contribution in [1.82, 2.24) is 14.7 Å². The van der Waals surface area contributed by atoms with Crippen molar-refractivity contribution in [3.63, 3.8) is 0 Å². The van der Waals surface area contributed by atoms with E-state index in [4.69, 9.17) is 9.51 Å². The molecule has 4 aromatic rings. The molecule has 0 saturated carbocycles. The van der Waals surface area contributed by atoms with Crippen molar-refractivity contribution in [2.75, 3.05) is 11.1 Å². The summed E-state index contributed by atoms with van der Waals surface area (Å²) in [5.74, 6) is 0.0788. The minimum Gasteiger partial charge on any atom is -0.338 e. The van der Waals surface area contributed by atoms with E-state index in [-0.39, 0.29) is 29.1 Å². The minimum atomic E-state index is -0.273. The smallest absolute Gasteiger partial charge is 0.262 e. The molecule has 0 radical (unpaired) electrons. The number of thioether (sulfide) groups is 1. The van der Waals surface area contributed by atoms with Crippen molar-refractivity contribution < 1.29 is 9.32 Å². The topological polar surface area (TPSA) is 90.0 Å². The Morgan fingerprint density at radius 3 is 2.71 bits per heavy atom. The molecule has 0 aliphatic carbocycles. The molecule has 9 heteroatoms. The summed E-state index contributed by atoms with van der Waals surface area (Å²) in [6.07, 6.45) is 0. The maximum absolute atomic E-state index is 13.4. The highest BCUT2D eigenvalue weighted by Crippen LogP contribution is 2.26. The average Bonchev–Trinajstić information content (AvgIpc) is 3.17. The molecule has 31 heavy (non-hydrogen) atoms. The monoisotopic (exact) mass is 498 g/mol. The number of aromatic nitrogens is 3. The van der Waals surface area contributed by atoms with Gasteiger partial charge in [-0.05, 0) is 37.6 Å². The molecule has 2 aromatic heterocycles. The highest BCUT2D eigenvalue weighted by Gasteiger charge is 2.19. The van der Waals surface area contributed by atoms with Gasteiger partial charge < -0.3 is 4.52 Å². The second-order valence-corrected chi connectivity index (χ2v) is 8.85. The molecule has 2 aromatic carbocycles. The van der Waals surface area contributed by atoms with E-state index in [9.17, 15) is 9.59 Å². The molecule has 1 amide bonds. The Kier molecular flexibility index (Phi) is 6.24. The molecule has 2 heterocycles. The van der Waals surface area contributed by atoms with E-state index in [1.54, 1.807) is 29.7 Å². The quantitative estimate of drug-likeness (QED) is 0.303. The number of fused-ring (bicyclic) bond motifs is 1. The zero-order valence-electron chi connectivity index (χ0n) is 16.8. The fraction of sp³-hybridized carbons (Fsp3) is 0.182. The number of hydrogen-bond acceptors (Lipinski definition) is 6. The highest BCUT2D eigenvalue weighted by molar-refractivity contribution is 9.10. The van der Waals surface area contributed by atoms with Gasteiger partial charge in [-0.3, -0.25) is 19.5 Å². The third-order valence-corrected chi connectivity index (χ3v) is 6.17. The lowest BCUT2D eigenvalue weighted by Crippen LogP contribution is -2.27. The second kappa shape index (κ2) is 9.07. The predicted octanol–water partition coefficient (Wildman–Crippen LogP) is 4.80. The van der Waals surface area contributed by atoms with Gasteiger partial charge in [0.25, 0.3) is 5.56 Å². The van der Waals surface area contributed by atoms with Crippen LogP contribution < -0.4 is 10.9 Å². The first-order chi connectivity index (χ1) is 14.9. The number of amides is 1. The van der Waals surface area contributed by atoms with Gasteiger partial charge in [-0.1, -0.05) is 63.2 Å². The first-order valence-corrected chi connectivity index (χ1v) is 11.3. The second-order valence-electron chi connectivity index (χ2n) is 6.99. The largest absolute Gasteiger partial charge is 0.338 e. The van der Waals surface area contributed by atoms with Crippen molar-refractivity contribution in [2.45, 2.75) is 25.0 Å². The van der Waals surface area contributed by atoms with Gasteiger partial charge >= 0.3 is 0 Å². The Labute approximate surface area is 191 Å². The lowest BCUT2D eigenvalue weighted by atomic mass is 10.1. The first-order valence-electron chi connectivity index (χ1n) is 9.55. The zero-order chi connectivity index (χ0) is 22.0. The van der Waals surface area contributed by atoms with E-state index in [1.165, 1.54) is 11.8 Å². The van der Waals surface area contributed by atoms with Crippen LogP contribution in [0.3, 0.4) is 0 Å². The van der Waals surface area contributed by atoms with Gasteiger partial charge in [0, 0.05) is 10.5 Å². The number of nitrogens with zero attached hydrogens (tertiary/aromatic N) is 3. The molecule has 1 N–H and O–H groups in total. The third-order valence-electron chi connectivity index (χ3n) is 4.72. The molecule has 0 aliphatic heterocycles. The van der Waals surface area contributed by atoms with Crippen molar-refractivity contribution in [3.8, 4) is 0 Å². The van der Waals surface area contributed by atoms with Gasteiger partial charge in [-0.2, -0.15) is 0 Å². The van der Waals surface area contributed by atoms with Crippen LogP contribution in [0.25, 0.3) is 10.9 Å². The van der Waals surface area contributed by atoms with Crippen LogP contribution in [0.15, 0.2) is 73.5 Å². The van der Waals surface area contributed by atoms with Crippen LogP contribution >= 0.6 is 27.7 Å². The summed E-state index contributed by atoms with van der Waals surface area (Å²) in [7, 11) is 0. The fourth-order valence-electron chi connectivity index (χ4n) is 3.20. The summed E-state index contributed by atoms with van der Waals surface area (Å²) in [6.45, 7) is 3.72. The van der Waals surface area contributed by atoms with Crippen LogP contribution in [-0.4, -0.2) is 26.4 Å². The van der Waals surface area contributed by atoms with Gasteiger partial charge in [0.2, 0.25) is 11.8 Å². The molecule has 0 spiro atoms. The number of benzene rings is 2. The van der Waals surface area contributed by atoms with Gasteiger partial charge in [-0.25, -0.2) is 4.98 Å². The molecule has 158 valence electrons. The average molecular weight is 499 g/mol. The molecule has 4 rings (SSSR count). The van der Waals surface area contributed by atoms with Crippen molar-refractivity contribution >= 4 is 50.4 Å². The number of hydrogen-bond donors (Lipinski definition) is 1. The summed E-state index contributed by atoms with van der Waals surface area (Å²) >= 11 is 4.63. The Hall–Kier alpha value is -2.91. The summed E-state index contributed by atoms with van der Waals surface area (Å²) in [5.41, 5.74) is 2.08. The number of anilines is 1. The van der Waals surface area contributed by atoms with Gasteiger partial charge in [0.05, 0.1) is 28.4 Å². The Morgan fingerprint density at radius 2 is 2.00 bits per heavy atom. The molecule has 1 unspecified atom stereocenters. The fourth-order valence-corrected chi connectivity index (χ4v) is 4.44. The normalized spacial score (nSPS) is 12.1. The van der Waals surface area contributed by atoms with Crippen LogP contribution in [0.4, 0.5) is 5.88 Å². The molecule has 7 nitrogen and oxygen atoms in total. The summed E-state index contributed by atoms with van der Waals surface area (Å²) in [4.78, 5) is 30.5. The lowest BCUT2D eigenvalue weighted by molar-refractivity contribution is -0.113. The SMILES string of the molecule is Cc1cc(NC(=O)CSc2nc3ccc(Br)cc3c(=O)n2C(C)c2ccccc2)on1. The molecule has 0 bridgehead atoms. The van der Waals surface area contributed by atoms with Crippen LogP contribution in [0.2, 0.25) is 0 Å². The van der Waals surface area contributed by atoms with E-state index >= 15 is 0 Å². The number of rotatable bonds is 6. The van der Waals surface area contributed by atoms with Gasteiger partial charge in [0.15, 0.2) is 5.16 Å². The van der Waals surface area contributed by atoms with Crippen molar-refractivity contribution in [3.05, 3.63) is 80.7 Å². The van der Waals surface area contributed by atoms with Crippen molar-refractivity contribution in [2.24, 2.45) is 0 Å². The zero-order valence-corrected chi connectivity index (χ0v) is 19.2. The molecule has 0 saturated heterocycles. The van der Waals surface area contributed by atoms with Gasteiger partial charge in [0.1, 0.15) is 0 Å². The number of carbonyl (C=O) groups excluding carboxylic acids is 1.